The summed E-state index contributed by atoms with van der Waals surface area (Å²) in [5, 5.41) is 3.35. The molecule has 1 aromatic rings. The molecule has 3 nitrogen and oxygen atoms in total. The molecular weight excluding hydrogens is 106 g/mol. The van der Waals surface area contributed by atoms with Crippen LogP contribution < -0.4 is 0 Å². The Balaban J connectivity index is 3.00. The lowest BCUT2D eigenvalue weighted by molar-refractivity contribution is -0.0109. The predicted molar refractivity (Wildman–Crippen MR) is 26.4 cm³/mol. The van der Waals surface area contributed by atoms with Crippen LogP contribution in [0.2, 0.25) is 0 Å². The van der Waals surface area contributed by atoms with Crippen molar-refractivity contribution in [1.82, 2.24) is 5.16 Å². The smallest absolute Gasteiger partial charge is 0.145 e. The summed E-state index contributed by atoms with van der Waals surface area (Å²) in [5.41, 5.74) is 0. The Hall–Kier alpha value is -1.25. The third kappa shape index (κ3) is 1.47. The highest BCUT2D eigenvalue weighted by Crippen LogP contribution is 1.75. The van der Waals surface area contributed by atoms with Crippen LogP contribution in [0.1, 0.15) is 0 Å². The lowest BCUT2D eigenvalue weighted by atomic mass is 10.6. The standard InChI is InChI=1S/C5H5NO2/c1-2-4-6-8-7-5-3-1/h1-5H. The van der Waals surface area contributed by atoms with E-state index in [0.29, 0.717) is 0 Å². The summed E-state index contributed by atoms with van der Waals surface area (Å²) >= 11 is 0. The van der Waals surface area contributed by atoms with E-state index in [1.54, 1.807) is 18.2 Å². The van der Waals surface area contributed by atoms with Gasteiger partial charge in [-0.3, -0.25) is 4.58 Å². The van der Waals surface area contributed by atoms with Gasteiger partial charge in [0, 0.05) is 0 Å². The van der Waals surface area contributed by atoms with Gasteiger partial charge in [0.25, 0.3) is 0 Å². The van der Waals surface area contributed by atoms with E-state index in [-0.39, 0.29) is 0 Å². The fourth-order valence-corrected chi connectivity index (χ4v) is 0.301. The molecule has 1 heterocycles. The Morgan fingerprint density at radius 2 is 2.12 bits per heavy atom. The van der Waals surface area contributed by atoms with Crippen LogP contribution in [0.5, 0.6) is 0 Å². The molecule has 0 unspecified atom stereocenters. The molecule has 8 heavy (non-hydrogen) atoms. The molecule has 3 heteroatoms. The number of rotatable bonds is 0. The van der Waals surface area contributed by atoms with Crippen molar-refractivity contribution in [1.29, 1.82) is 0 Å². The van der Waals surface area contributed by atoms with Gasteiger partial charge >= 0.3 is 0 Å². The highest BCUT2D eigenvalue weighted by Gasteiger charge is 1.60. The first kappa shape index (κ1) is 4.90. The summed E-state index contributed by atoms with van der Waals surface area (Å²) < 4.78 is 8.55. The minimum absolute atomic E-state index is 1.40. The Kier molecular flexibility index (Phi) is 1.74. The van der Waals surface area contributed by atoms with Crippen molar-refractivity contribution >= 4 is 0 Å². The van der Waals surface area contributed by atoms with Crippen LogP contribution in [0, 0.1) is 0 Å². The molecule has 0 atom stereocenters. The molecule has 0 saturated heterocycles. The fourth-order valence-electron chi connectivity index (χ4n) is 0.301. The topological polar surface area (TPSA) is 39.2 Å². The molecule has 1 rings (SSSR count). The Morgan fingerprint density at radius 3 is 3.12 bits per heavy atom. The Morgan fingerprint density at radius 1 is 1.12 bits per heavy atom. The van der Waals surface area contributed by atoms with Gasteiger partial charge < -0.3 is 0 Å². The maximum atomic E-state index is 4.34. The number of aromatic nitrogens is 1. The number of hydrogen-bond acceptors (Lipinski definition) is 3. The summed E-state index contributed by atoms with van der Waals surface area (Å²) in [4.78, 5) is 0. The largest absolute Gasteiger partial charge is 0.276 e. The van der Waals surface area contributed by atoms with Crippen molar-refractivity contribution in [2.45, 2.75) is 0 Å². The zero-order valence-electron chi connectivity index (χ0n) is 4.15. The summed E-state index contributed by atoms with van der Waals surface area (Å²) in [7, 11) is 0. The monoisotopic (exact) mass is 111 g/mol. The minimum Gasteiger partial charge on any atom is -0.276 e. The molecule has 42 valence electrons. The SMILES string of the molecule is c1ccnoocc1. The summed E-state index contributed by atoms with van der Waals surface area (Å²) in [6.45, 7) is 0. The van der Waals surface area contributed by atoms with E-state index in [1.165, 1.54) is 12.5 Å². The molecule has 0 bridgehead atoms. The van der Waals surface area contributed by atoms with Crippen molar-refractivity contribution in [3.63, 3.8) is 0 Å². The average molecular weight is 111 g/mol. The van der Waals surface area contributed by atoms with Gasteiger partial charge in [-0.2, -0.15) is 4.68 Å². The van der Waals surface area contributed by atoms with Crippen molar-refractivity contribution in [3.05, 3.63) is 30.7 Å². The van der Waals surface area contributed by atoms with Crippen LogP contribution in [0.25, 0.3) is 0 Å². The molecule has 0 aromatic carbocycles. The summed E-state index contributed by atoms with van der Waals surface area (Å²) in [6.07, 6.45) is 2.89. The van der Waals surface area contributed by atoms with Crippen LogP contribution in [0.4, 0.5) is 0 Å². The third-order valence-electron chi connectivity index (χ3n) is 0.589. The first-order valence-electron chi connectivity index (χ1n) is 2.18. The molecule has 0 fully saturated rings. The molecule has 0 amide bonds. The maximum Gasteiger partial charge on any atom is 0.145 e. The lowest BCUT2D eigenvalue weighted by Gasteiger charge is -1.69. The van der Waals surface area contributed by atoms with Crippen molar-refractivity contribution in [2.75, 3.05) is 0 Å². The zero-order valence-corrected chi connectivity index (χ0v) is 4.15. The molecule has 0 N–H and O–H groups in total. The van der Waals surface area contributed by atoms with E-state index < -0.39 is 0 Å². The predicted octanol–water partition coefficient (Wildman–Crippen LogP) is 1.39. The Bertz CT molecular complexity index is 115. The third-order valence-corrected chi connectivity index (χ3v) is 0.589. The quantitative estimate of drug-likeness (QED) is 0.475. The average Bonchev–Trinajstić information content (AvgIpc) is 1.62. The van der Waals surface area contributed by atoms with Crippen LogP contribution in [-0.2, 0) is 0 Å². The van der Waals surface area contributed by atoms with E-state index in [9.17, 15) is 0 Å². The van der Waals surface area contributed by atoms with Crippen LogP contribution >= 0.6 is 0 Å². The van der Waals surface area contributed by atoms with Gasteiger partial charge in [-0.15, -0.1) is 0 Å². The van der Waals surface area contributed by atoms with Gasteiger partial charge in [-0.25, -0.2) is 0 Å². The highest BCUT2D eigenvalue weighted by molar-refractivity contribution is 4.81. The summed E-state index contributed by atoms with van der Waals surface area (Å²) in [6, 6.07) is 5.22. The molecule has 0 aliphatic heterocycles. The number of hydrogen-bond donors (Lipinski definition) is 0. The maximum absolute atomic E-state index is 4.34. The van der Waals surface area contributed by atoms with Crippen LogP contribution in [-0.4, -0.2) is 5.16 Å². The van der Waals surface area contributed by atoms with E-state index in [4.69, 9.17) is 0 Å². The minimum atomic E-state index is 1.40. The van der Waals surface area contributed by atoms with Crippen LogP contribution in [0.3, 0.4) is 0 Å². The van der Waals surface area contributed by atoms with E-state index in [0.717, 1.165) is 0 Å². The Labute approximate surface area is 46.2 Å². The highest BCUT2D eigenvalue weighted by atomic mass is 17.0. The second kappa shape index (κ2) is 2.85. The second-order valence-electron chi connectivity index (χ2n) is 1.14. The van der Waals surface area contributed by atoms with Gasteiger partial charge in [0.2, 0.25) is 0 Å². The first-order valence-corrected chi connectivity index (χ1v) is 2.18. The second-order valence-corrected chi connectivity index (χ2v) is 1.14. The van der Waals surface area contributed by atoms with E-state index >= 15 is 0 Å². The molecule has 1 aromatic heterocycles. The molecular formula is C5H5NO2. The molecule has 0 aliphatic rings. The van der Waals surface area contributed by atoms with Crippen molar-refractivity contribution < 1.29 is 9.26 Å². The molecule has 0 radical (unpaired) electrons. The summed E-state index contributed by atoms with van der Waals surface area (Å²) in [5.74, 6) is 0. The molecule has 0 saturated carbocycles. The molecule has 0 aliphatic carbocycles. The van der Waals surface area contributed by atoms with Gasteiger partial charge in [-0.05, 0) is 17.3 Å². The zero-order chi connectivity index (χ0) is 5.66. The number of nitrogens with zero attached hydrogens (tertiary/aromatic N) is 1. The van der Waals surface area contributed by atoms with Crippen LogP contribution in [0.15, 0.2) is 39.9 Å². The van der Waals surface area contributed by atoms with E-state index in [1.807, 2.05) is 0 Å². The van der Waals surface area contributed by atoms with Crippen molar-refractivity contribution in [3.8, 4) is 0 Å². The van der Waals surface area contributed by atoms with Crippen molar-refractivity contribution in [2.24, 2.45) is 0 Å². The first-order chi connectivity index (χ1) is 4.00. The normalized spacial score (nSPS) is 8.00. The van der Waals surface area contributed by atoms with E-state index in [2.05, 4.69) is 14.4 Å². The lowest BCUT2D eigenvalue weighted by Crippen LogP contribution is -1.57. The van der Waals surface area contributed by atoms with Gasteiger partial charge in [0.1, 0.15) is 6.26 Å². The van der Waals surface area contributed by atoms with Gasteiger partial charge in [0.05, 0.1) is 6.20 Å². The fraction of sp³-hybridized carbons (Fsp3) is 0. The molecule has 0 spiro atoms. The van der Waals surface area contributed by atoms with Gasteiger partial charge in [0.15, 0.2) is 0 Å². The van der Waals surface area contributed by atoms with Gasteiger partial charge in [-0.1, -0.05) is 6.07 Å².